The third-order valence-electron chi connectivity index (χ3n) is 3.13. The second-order valence-corrected chi connectivity index (χ2v) is 5.76. The van der Waals surface area contributed by atoms with E-state index in [0.717, 1.165) is 11.4 Å². The number of nitrogens with zero attached hydrogens (tertiary/aromatic N) is 3. The minimum absolute atomic E-state index is 0.247. The quantitative estimate of drug-likeness (QED) is 0.939. The zero-order valence-electron chi connectivity index (χ0n) is 12.5. The number of carbonyl (C=O) groups is 1. The predicted octanol–water partition coefficient (Wildman–Crippen LogP) is 2.21. The minimum Gasteiger partial charge on any atom is -0.300 e. The Morgan fingerprint density at radius 1 is 1.33 bits per heavy atom. The second-order valence-electron chi connectivity index (χ2n) is 4.90. The van der Waals surface area contributed by atoms with Gasteiger partial charge >= 0.3 is 5.69 Å². The van der Waals surface area contributed by atoms with E-state index < -0.39 is 11.7 Å². The molecular weight excluding hydrogens is 288 g/mol. The molecule has 2 aromatic heterocycles. The van der Waals surface area contributed by atoms with Crippen molar-refractivity contribution < 1.29 is 4.79 Å². The number of hydrogen-bond acceptors (Lipinski definition) is 5. The smallest absolute Gasteiger partial charge is 0.300 e. The molecular formula is C14H18N4O2S. The van der Waals surface area contributed by atoms with Crippen LogP contribution in [0.1, 0.15) is 36.5 Å². The molecule has 1 amide bonds. The van der Waals surface area contributed by atoms with Crippen LogP contribution in [0.4, 0.5) is 5.13 Å². The van der Waals surface area contributed by atoms with Gasteiger partial charge in [-0.1, -0.05) is 6.92 Å². The molecule has 1 N–H and O–H groups in total. The van der Waals surface area contributed by atoms with E-state index in [4.69, 9.17) is 0 Å². The number of hydrogen-bond donors (Lipinski definition) is 1. The summed E-state index contributed by atoms with van der Waals surface area (Å²) < 4.78 is 1.43. The first-order valence-electron chi connectivity index (χ1n) is 6.72. The Morgan fingerprint density at radius 2 is 2.05 bits per heavy atom. The van der Waals surface area contributed by atoms with Crippen molar-refractivity contribution in [3.63, 3.8) is 0 Å². The zero-order valence-corrected chi connectivity index (χ0v) is 13.3. The Kier molecular flexibility index (Phi) is 4.52. The normalized spacial score (nSPS) is 12.2. The number of thiazole rings is 1. The van der Waals surface area contributed by atoms with Crippen LogP contribution >= 0.6 is 11.3 Å². The van der Waals surface area contributed by atoms with Crippen LogP contribution in [-0.2, 0) is 4.79 Å². The lowest BCUT2D eigenvalue weighted by Crippen LogP contribution is -2.36. The molecule has 21 heavy (non-hydrogen) atoms. The molecule has 2 heterocycles. The molecule has 0 aliphatic carbocycles. The van der Waals surface area contributed by atoms with Gasteiger partial charge in [-0.2, -0.15) is 4.98 Å². The molecule has 2 aromatic rings. The minimum atomic E-state index is -0.588. The van der Waals surface area contributed by atoms with Crippen molar-refractivity contribution in [1.82, 2.24) is 14.5 Å². The number of rotatable bonds is 4. The Hall–Kier alpha value is -2.02. The Balaban J connectivity index is 2.31. The summed E-state index contributed by atoms with van der Waals surface area (Å²) in [5.41, 5.74) is 1.84. The Morgan fingerprint density at radius 3 is 2.57 bits per heavy atom. The Labute approximate surface area is 126 Å². The summed E-state index contributed by atoms with van der Waals surface area (Å²) in [6, 6.07) is 1.21. The summed E-state index contributed by atoms with van der Waals surface area (Å²) in [5, 5.41) is 5.17. The van der Waals surface area contributed by atoms with Crippen molar-refractivity contribution in [2.75, 3.05) is 5.32 Å². The molecule has 6 nitrogen and oxygen atoms in total. The SMILES string of the molecule is CCC(C(=O)Nc1nc(C)cs1)n1c(C)cc(C)nc1=O. The predicted molar refractivity (Wildman–Crippen MR) is 82.8 cm³/mol. The van der Waals surface area contributed by atoms with Crippen molar-refractivity contribution in [3.8, 4) is 0 Å². The van der Waals surface area contributed by atoms with E-state index in [-0.39, 0.29) is 5.91 Å². The lowest BCUT2D eigenvalue weighted by molar-refractivity contribution is -0.119. The number of nitrogens with one attached hydrogen (secondary N) is 1. The van der Waals surface area contributed by atoms with E-state index in [1.165, 1.54) is 15.9 Å². The van der Waals surface area contributed by atoms with Crippen LogP contribution in [0.25, 0.3) is 0 Å². The van der Waals surface area contributed by atoms with E-state index in [1.54, 1.807) is 19.9 Å². The molecule has 0 saturated heterocycles. The number of amides is 1. The molecule has 0 saturated carbocycles. The molecule has 0 bridgehead atoms. The van der Waals surface area contributed by atoms with E-state index in [9.17, 15) is 9.59 Å². The van der Waals surface area contributed by atoms with Crippen molar-refractivity contribution in [2.24, 2.45) is 0 Å². The fourth-order valence-corrected chi connectivity index (χ4v) is 2.92. The first-order valence-corrected chi connectivity index (χ1v) is 7.60. The molecule has 112 valence electrons. The van der Waals surface area contributed by atoms with Crippen LogP contribution in [0, 0.1) is 20.8 Å². The van der Waals surface area contributed by atoms with Crippen LogP contribution in [0.5, 0.6) is 0 Å². The highest BCUT2D eigenvalue weighted by Gasteiger charge is 2.22. The lowest BCUT2D eigenvalue weighted by atomic mass is 10.2. The monoisotopic (exact) mass is 306 g/mol. The molecule has 1 unspecified atom stereocenters. The van der Waals surface area contributed by atoms with Gasteiger partial charge in [0.1, 0.15) is 6.04 Å². The van der Waals surface area contributed by atoms with Crippen LogP contribution in [0.15, 0.2) is 16.2 Å². The molecule has 0 fully saturated rings. The van der Waals surface area contributed by atoms with Gasteiger partial charge < -0.3 is 5.32 Å². The molecule has 1 atom stereocenters. The fourth-order valence-electron chi connectivity index (χ4n) is 2.22. The first-order chi connectivity index (χ1) is 9.92. The maximum absolute atomic E-state index is 12.4. The topological polar surface area (TPSA) is 76.9 Å². The third-order valence-corrected chi connectivity index (χ3v) is 4.00. The van der Waals surface area contributed by atoms with Gasteiger partial charge in [0.15, 0.2) is 5.13 Å². The second kappa shape index (κ2) is 6.17. The number of aryl methyl sites for hydroxylation is 3. The van der Waals surface area contributed by atoms with Crippen LogP contribution in [0.3, 0.4) is 0 Å². The van der Waals surface area contributed by atoms with Gasteiger partial charge in [-0.15, -0.1) is 11.3 Å². The fraction of sp³-hybridized carbons (Fsp3) is 0.429. The van der Waals surface area contributed by atoms with E-state index in [0.29, 0.717) is 17.2 Å². The summed E-state index contributed by atoms with van der Waals surface area (Å²) in [4.78, 5) is 32.6. The van der Waals surface area contributed by atoms with Gasteiger partial charge in [-0.3, -0.25) is 9.36 Å². The molecule has 0 spiro atoms. The van der Waals surface area contributed by atoms with Crippen LogP contribution in [-0.4, -0.2) is 20.4 Å². The van der Waals surface area contributed by atoms with Gasteiger partial charge in [0, 0.05) is 16.8 Å². The van der Waals surface area contributed by atoms with Gasteiger partial charge in [-0.25, -0.2) is 9.78 Å². The largest absolute Gasteiger partial charge is 0.348 e. The average Bonchev–Trinajstić information content (AvgIpc) is 2.78. The van der Waals surface area contributed by atoms with Gasteiger partial charge in [0.2, 0.25) is 5.91 Å². The average molecular weight is 306 g/mol. The number of aromatic nitrogens is 3. The maximum Gasteiger partial charge on any atom is 0.348 e. The molecule has 0 aliphatic heterocycles. The summed E-state index contributed by atoms with van der Waals surface area (Å²) >= 11 is 1.37. The summed E-state index contributed by atoms with van der Waals surface area (Å²) in [6.45, 7) is 7.29. The highest BCUT2D eigenvalue weighted by atomic mass is 32.1. The Bertz CT molecular complexity index is 720. The van der Waals surface area contributed by atoms with Crippen LogP contribution < -0.4 is 11.0 Å². The highest BCUT2D eigenvalue weighted by Crippen LogP contribution is 2.18. The molecule has 2 rings (SSSR count). The van der Waals surface area contributed by atoms with Gasteiger partial charge in [-0.05, 0) is 33.3 Å². The standard InChI is InChI=1S/C14H18N4O2S/c1-5-11(12(19)17-13-15-9(3)7-21-13)18-10(4)6-8(2)16-14(18)20/h6-7,11H,5H2,1-4H3,(H,15,17,19). The number of anilines is 1. The van der Waals surface area contributed by atoms with Crippen molar-refractivity contribution in [1.29, 1.82) is 0 Å². The molecule has 0 radical (unpaired) electrons. The van der Waals surface area contributed by atoms with E-state index in [1.807, 2.05) is 19.2 Å². The third kappa shape index (κ3) is 3.36. The van der Waals surface area contributed by atoms with Gasteiger partial charge in [0.25, 0.3) is 0 Å². The molecule has 7 heteroatoms. The van der Waals surface area contributed by atoms with E-state index in [2.05, 4.69) is 15.3 Å². The van der Waals surface area contributed by atoms with Gasteiger partial charge in [0.05, 0.1) is 5.69 Å². The summed E-state index contributed by atoms with van der Waals surface area (Å²) in [6.07, 6.45) is 0.502. The molecule has 0 aliphatic rings. The van der Waals surface area contributed by atoms with E-state index >= 15 is 0 Å². The zero-order chi connectivity index (χ0) is 15.6. The summed E-state index contributed by atoms with van der Waals surface area (Å²) in [7, 11) is 0. The van der Waals surface area contributed by atoms with Crippen molar-refractivity contribution in [3.05, 3.63) is 39.0 Å². The number of carbonyl (C=O) groups excluding carboxylic acids is 1. The van der Waals surface area contributed by atoms with Crippen LogP contribution in [0.2, 0.25) is 0 Å². The van der Waals surface area contributed by atoms with Crippen molar-refractivity contribution >= 4 is 22.4 Å². The first kappa shape index (κ1) is 15.4. The molecule has 0 aromatic carbocycles. The summed E-state index contributed by atoms with van der Waals surface area (Å²) in [5.74, 6) is -0.247. The lowest BCUT2D eigenvalue weighted by Gasteiger charge is -2.19. The maximum atomic E-state index is 12.4. The van der Waals surface area contributed by atoms with Crippen molar-refractivity contribution in [2.45, 2.75) is 40.2 Å². The highest BCUT2D eigenvalue weighted by molar-refractivity contribution is 7.13.